The Kier molecular flexibility index (Phi) is 4.20. The van der Waals surface area contributed by atoms with Crippen molar-refractivity contribution < 1.29 is 4.74 Å². The zero-order valence-electron chi connectivity index (χ0n) is 8.91. The molecule has 1 aromatic heterocycles. The summed E-state index contributed by atoms with van der Waals surface area (Å²) in [5.41, 5.74) is 0.906. The maximum atomic E-state index is 6.12. The lowest BCUT2D eigenvalue weighted by molar-refractivity contribution is 0.410. The van der Waals surface area contributed by atoms with Crippen LogP contribution in [0.15, 0.2) is 22.1 Å². The number of nitrogens with zero attached hydrogens (tertiary/aromatic N) is 2. The summed E-state index contributed by atoms with van der Waals surface area (Å²) in [5.74, 6) is 0.758. The van der Waals surface area contributed by atoms with Gasteiger partial charge < -0.3 is 10.1 Å². The first-order valence-electron chi connectivity index (χ1n) is 4.75. The molecule has 0 bridgehead atoms. The molecule has 0 aliphatic carbocycles. The topological polar surface area (TPSA) is 47.0 Å². The number of ether oxygens (including phenoxy) is 1. The highest BCUT2D eigenvalue weighted by molar-refractivity contribution is 9.11. The molecule has 17 heavy (non-hydrogen) atoms. The van der Waals surface area contributed by atoms with Crippen molar-refractivity contribution in [2.45, 2.75) is 6.54 Å². The van der Waals surface area contributed by atoms with E-state index < -0.39 is 0 Å². The van der Waals surface area contributed by atoms with Crippen LogP contribution in [-0.4, -0.2) is 17.3 Å². The fourth-order valence-corrected chi connectivity index (χ4v) is 2.58. The van der Waals surface area contributed by atoms with Crippen molar-refractivity contribution in [3.63, 3.8) is 0 Å². The smallest absolute Gasteiger partial charge is 0.206 e. The van der Waals surface area contributed by atoms with Crippen LogP contribution in [0.2, 0.25) is 5.02 Å². The molecule has 0 aliphatic rings. The van der Waals surface area contributed by atoms with Gasteiger partial charge in [-0.25, -0.2) is 0 Å². The summed E-state index contributed by atoms with van der Waals surface area (Å²) in [4.78, 5) is 0. The third kappa shape index (κ3) is 3.08. The van der Waals surface area contributed by atoms with Gasteiger partial charge in [-0.1, -0.05) is 29.0 Å². The molecule has 0 atom stereocenters. The van der Waals surface area contributed by atoms with Gasteiger partial charge in [-0.05, 0) is 28.1 Å². The number of aromatic nitrogens is 2. The predicted octanol–water partition coefficient (Wildman–Crippen LogP) is 3.57. The molecule has 1 aromatic carbocycles. The number of nitrogens with one attached hydrogen (secondary N) is 1. The van der Waals surface area contributed by atoms with Crippen LogP contribution < -0.4 is 10.1 Å². The molecule has 0 aliphatic heterocycles. The summed E-state index contributed by atoms with van der Waals surface area (Å²) in [6.07, 6.45) is 0. The number of benzene rings is 1. The molecule has 7 heteroatoms. The van der Waals surface area contributed by atoms with Gasteiger partial charge in [0.05, 0.1) is 7.11 Å². The molecule has 0 spiro atoms. The summed E-state index contributed by atoms with van der Waals surface area (Å²) in [6, 6.07) is 5.56. The number of rotatable bonds is 4. The quantitative estimate of drug-likeness (QED) is 0.928. The highest BCUT2D eigenvalue weighted by Crippen LogP contribution is 2.28. The van der Waals surface area contributed by atoms with E-state index in [2.05, 4.69) is 31.4 Å². The minimum Gasteiger partial charge on any atom is -0.496 e. The summed E-state index contributed by atoms with van der Waals surface area (Å²) in [7, 11) is 1.62. The van der Waals surface area contributed by atoms with Crippen molar-refractivity contribution in [3.8, 4) is 5.75 Å². The molecule has 0 radical (unpaired) electrons. The van der Waals surface area contributed by atoms with Crippen LogP contribution in [0, 0.1) is 0 Å². The zero-order chi connectivity index (χ0) is 12.3. The Balaban J connectivity index is 2.13. The predicted molar refractivity (Wildman–Crippen MR) is 72.9 cm³/mol. The molecule has 0 saturated heterocycles. The second-order valence-electron chi connectivity index (χ2n) is 3.13. The fraction of sp³-hybridized carbons (Fsp3) is 0.200. The molecule has 4 nitrogen and oxygen atoms in total. The summed E-state index contributed by atoms with van der Waals surface area (Å²) < 4.78 is 6.00. The Hall–Kier alpha value is -0.850. The van der Waals surface area contributed by atoms with Gasteiger partial charge in [0, 0.05) is 17.1 Å². The molecule has 0 unspecified atom stereocenters. The van der Waals surface area contributed by atoms with E-state index in [1.165, 1.54) is 11.3 Å². The van der Waals surface area contributed by atoms with Crippen molar-refractivity contribution in [2.75, 3.05) is 12.4 Å². The van der Waals surface area contributed by atoms with E-state index in [4.69, 9.17) is 16.3 Å². The standard InChI is InChI=1S/C10H9BrClN3OS/c1-16-8-4-2-3-7(12)6(8)5-13-10-15-14-9(11)17-10/h2-4H,5H2,1H3,(H,13,15). The van der Waals surface area contributed by atoms with Crippen LogP contribution in [-0.2, 0) is 6.54 Å². The van der Waals surface area contributed by atoms with E-state index in [-0.39, 0.29) is 0 Å². The summed E-state index contributed by atoms with van der Waals surface area (Å²) in [5, 5.41) is 12.3. The van der Waals surface area contributed by atoms with Gasteiger partial charge in [0.15, 0.2) is 3.92 Å². The van der Waals surface area contributed by atoms with Gasteiger partial charge in [0.1, 0.15) is 5.75 Å². The van der Waals surface area contributed by atoms with Crippen LogP contribution in [0.4, 0.5) is 5.13 Å². The van der Waals surface area contributed by atoms with Gasteiger partial charge in [0.2, 0.25) is 5.13 Å². The molecule has 2 rings (SSSR count). The number of methoxy groups -OCH3 is 1. The normalized spacial score (nSPS) is 10.3. The Labute approximate surface area is 116 Å². The number of hydrogen-bond acceptors (Lipinski definition) is 5. The number of halogens is 2. The van der Waals surface area contributed by atoms with E-state index >= 15 is 0 Å². The fourth-order valence-electron chi connectivity index (χ4n) is 1.34. The summed E-state index contributed by atoms with van der Waals surface area (Å²) in [6.45, 7) is 0.546. The number of hydrogen-bond donors (Lipinski definition) is 1. The van der Waals surface area contributed by atoms with Crippen LogP contribution >= 0.6 is 38.9 Å². The van der Waals surface area contributed by atoms with E-state index in [0.717, 1.165) is 20.4 Å². The zero-order valence-corrected chi connectivity index (χ0v) is 12.1. The second-order valence-corrected chi connectivity index (χ2v) is 5.80. The van der Waals surface area contributed by atoms with E-state index in [9.17, 15) is 0 Å². The van der Waals surface area contributed by atoms with Crippen LogP contribution in [0.1, 0.15) is 5.56 Å². The molecule has 1 heterocycles. The van der Waals surface area contributed by atoms with Crippen molar-refractivity contribution in [2.24, 2.45) is 0 Å². The van der Waals surface area contributed by atoms with Gasteiger partial charge >= 0.3 is 0 Å². The van der Waals surface area contributed by atoms with Crippen molar-refractivity contribution in [3.05, 3.63) is 32.7 Å². The van der Waals surface area contributed by atoms with Crippen LogP contribution in [0.5, 0.6) is 5.75 Å². The lowest BCUT2D eigenvalue weighted by Crippen LogP contribution is -2.02. The van der Waals surface area contributed by atoms with Crippen molar-refractivity contribution >= 4 is 44.0 Å². The lowest BCUT2D eigenvalue weighted by Gasteiger charge is -2.10. The van der Waals surface area contributed by atoms with Crippen molar-refractivity contribution in [1.82, 2.24) is 10.2 Å². The second kappa shape index (κ2) is 5.66. The molecule has 0 amide bonds. The van der Waals surface area contributed by atoms with Gasteiger partial charge in [-0.2, -0.15) is 0 Å². The largest absolute Gasteiger partial charge is 0.496 e. The van der Waals surface area contributed by atoms with Gasteiger partial charge in [0.25, 0.3) is 0 Å². The minimum absolute atomic E-state index is 0.546. The average Bonchev–Trinajstić information content (AvgIpc) is 2.73. The van der Waals surface area contributed by atoms with E-state index in [1.54, 1.807) is 7.11 Å². The van der Waals surface area contributed by atoms with Crippen molar-refractivity contribution in [1.29, 1.82) is 0 Å². The maximum absolute atomic E-state index is 6.12. The molecule has 1 N–H and O–H groups in total. The van der Waals surface area contributed by atoms with E-state index in [1.807, 2.05) is 18.2 Å². The SMILES string of the molecule is COc1cccc(Cl)c1CNc1nnc(Br)s1. The Bertz CT molecular complexity index is 520. The maximum Gasteiger partial charge on any atom is 0.206 e. The first-order valence-corrected chi connectivity index (χ1v) is 6.73. The molecular weight excluding hydrogens is 326 g/mol. The first-order chi connectivity index (χ1) is 8.20. The Morgan fingerprint density at radius 2 is 2.29 bits per heavy atom. The highest BCUT2D eigenvalue weighted by Gasteiger charge is 2.08. The van der Waals surface area contributed by atoms with Gasteiger partial charge in [-0.3, -0.25) is 0 Å². The molecule has 2 aromatic rings. The average molecular weight is 335 g/mol. The lowest BCUT2D eigenvalue weighted by atomic mass is 10.2. The third-order valence-corrected chi connectivity index (χ3v) is 3.78. The van der Waals surface area contributed by atoms with E-state index in [0.29, 0.717) is 11.6 Å². The Morgan fingerprint density at radius 1 is 1.47 bits per heavy atom. The van der Waals surface area contributed by atoms with Crippen LogP contribution in [0.3, 0.4) is 0 Å². The monoisotopic (exact) mass is 333 g/mol. The minimum atomic E-state index is 0.546. The highest BCUT2D eigenvalue weighted by atomic mass is 79.9. The summed E-state index contributed by atoms with van der Waals surface area (Å²) >= 11 is 10.8. The Morgan fingerprint density at radius 3 is 2.94 bits per heavy atom. The van der Waals surface area contributed by atoms with Crippen LogP contribution in [0.25, 0.3) is 0 Å². The van der Waals surface area contributed by atoms with Gasteiger partial charge in [-0.15, -0.1) is 10.2 Å². The first kappa shape index (κ1) is 12.6. The molecule has 0 fully saturated rings. The molecule has 0 saturated carbocycles. The number of anilines is 1. The molecular formula is C10H9BrClN3OS. The third-order valence-electron chi connectivity index (χ3n) is 2.11. The molecule has 90 valence electrons.